The Morgan fingerprint density at radius 1 is 0.743 bits per heavy atom. The number of benzene rings is 1. The molecule has 0 unspecified atom stereocenters. The standard InChI is InChI=1S/C17H11F16NO/c1-2-7-4-3-5-8(6-7)34-10(35)12(22,23)14(26,27)16(30,31)17(32,33)15(28,29)13(24,25)11(20,21)9(18)19/h3-6,9H,2H2,1H3,(H,34,35). The molecule has 202 valence electrons. The Morgan fingerprint density at radius 2 is 1.17 bits per heavy atom. The van der Waals surface area contributed by atoms with Gasteiger partial charge in [0.25, 0.3) is 0 Å². The van der Waals surface area contributed by atoms with E-state index in [9.17, 15) is 75.0 Å². The summed E-state index contributed by atoms with van der Waals surface area (Å²) >= 11 is 0. The lowest BCUT2D eigenvalue weighted by molar-refractivity contribution is -0.443. The van der Waals surface area contributed by atoms with Gasteiger partial charge in [0.2, 0.25) is 0 Å². The molecule has 1 aromatic rings. The van der Waals surface area contributed by atoms with Crippen LogP contribution in [0.4, 0.5) is 75.9 Å². The van der Waals surface area contributed by atoms with Crippen LogP contribution in [0.1, 0.15) is 12.5 Å². The fourth-order valence-electron chi connectivity index (χ4n) is 2.36. The van der Waals surface area contributed by atoms with Crippen LogP contribution in [0.3, 0.4) is 0 Å². The van der Waals surface area contributed by atoms with E-state index in [2.05, 4.69) is 0 Å². The predicted octanol–water partition coefficient (Wildman–Crippen LogP) is 6.90. The van der Waals surface area contributed by atoms with Crippen LogP contribution in [-0.4, -0.2) is 53.8 Å². The molecule has 1 amide bonds. The molecule has 35 heavy (non-hydrogen) atoms. The minimum atomic E-state index is -8.54. The summed E-state index contributed by atoms with van der Waals surface area (Å²) < 4.78 is 212. The van der Waals surface area contributed by atoms with E-state index >= 15 is 0 Å². The van der Waals surface area contributed by atoms with Crippen LogP contribution >= 0.6 is 0 Å². The maximum Gasteiger partial charge on any atom is 0.393 e. The predicted molar refractivity (Wildman–Crippen MR) is 85.1 cm³/mol. The van der Waals surface area contributed by atoms with Crippen molar-refractivity contribution in [3.8, 4) is 0 Å². The van der Waals surface area contributed by atoms with Crippen molar-refractivity contribution in [1.29, 1.82) is 0 Å². The van der Waals surface area contributed by atoms with Crippen LogP contribution in [0.2, 0.25) is 0 Å². The van der Waals surface area contributed by atoms with Gasteiger partial charge in [0, 0.05) is 5.69 Å². The van der Waals surface area contributed by atoms with Gasteiger partial charge in [-0.05, 0) is 24.1 Å². The van der Waals surface area contributed by atoms with Crippen molar-refractivity contribution < 1.29 is 75.0 Å². The number of halogens is 16. The zero-order valence-electron chi connectivity index (χ0n) is 16.5. The van der Waals surface area contributed by atoms with Gasteiger partial charge in [-0.25, -0.2) is 8.78 Å². The SMILES string of the molecule is CCc1cccc(NC(=O)C(F)(F)C(F)(F)C(F)(F)C(F)(F)C(F)(F)C(F)(F)C(F)(F)C(F)F)c1. The average Bonchev–Trinajstić information content (AvgIpc) is 2.72. The Bertz CT molecular complexity index is 926. The number of carbonyl (C=O) groups excluding carboxylic acids is 1. The first-order valence-corrected chi connectivity index (χ1v) is 8.71. The van der Waals surface area contributed by atoms with Gasteiger partial charge in [0.15, 0.2) is 0 Å². The molecule has 0 radical (unpaired) electrons. The van der Waals surface area contributed by atoms with E-state index in [0.29, 0.717) is 6.07 Å². The first-order chi connectivity index (χ1) is 15.4. The van der Waals surface area contributed by atoms with Gasteiger partial charge < -0.3 is 5.32 Å². The summed E-state index contributed by atoms with van der Waals surface area (Å²) in [6.45, 7) is 1.46. The van der Waals surface area contributed by atoms with Crippen molar-refractivity contribution >= 4 is 11.6 Å². The Balaban J connectivity index is 3.53. The normalized spacial score (nSPS) is 14.9. The number of amides is 1. The highest BCUT2D eigenvalue weighted by Gasteiger charge is 2.94. The maximum atomic E-state index is 13.9. The fraction of sp³-hybridized carbons (Fsp3) is 0.588. The van der Waals surface area contributed by atoms with Gasteiger partial charge in [-0.1, -0.05) is 19.1 Å². The number of rotatable bonds is 10. The molecule has 18 heteroatoms. The molecule has 0 spiro atoms. The smallest absolute Gasteiger partial charge is 0.321 e. The lowest BCUT2D eigenvalue weighted by atomic mass is 9.89. The largest absolute Gasteiger partial charge is 0.393 e. The first kappa shape index (κ1) is 30.6. The van der Waals surface area contributed by atoms with E-state index in [1.54, 1.807) is 0 Å². The number of anilines is 1. The van der Waals surface area contributed by atoms with E-state index in [1.807, 2.05) is 0 Å². The molecule has 0 saturated heterocycles. The minimum absolute atomic E-state index is 0.132. The summed E-state index contributed by atoms with van der Waals surface area (Å²) in [5, 5.41) is 0.893. The maximum absolute atomic E-state index is 13.9. The summed E-state index contributed by atoms with van der Waals surface area (Å²) in [6.07, 6.45) is -5.79. The first-order valence-electron chi connectivity index (χ1n) is 8.71. The van der Waals surface area contributed by atoms with Crippen molar-refractivity contribution in [3.63, 3.8) is 0 Å². The van der Waals surface area contributed by atoms with Gasteiger partial charge in [0.05, 0.1) is 0 Å². The van der Waals surface area contributed by atoms with Crippen LogP contribution < -0.4 is 5.32 Å². The van der Waals surface area contributed by atoms with E-state index < -0.39 is 59.5 Å². The molecule has 0 atom stereocenters. The zero-order chi connectivity index (χ0) is 28.1. The summed E-state index contributed by atoms with van der Waals surface area (Å²) in [5.74, 6) is -59.7. The average molecular weight is 549 g/mol. The highest BCUT2D eigenvalue weighted by atomic mass is 19.4. The van der Waals surface area contributed by atoms with Gasteiger partial charge in [-0.2, -0.15) is 61.5 Å². The molecule has 1 rings (SSSR count). The molecular weight excluding hydrogens is 538 g/mol. The summed E-state index contributed by atoms with van der Waals surface area (Å²) in [7, 11) is 0. The second kappa shape index (κ2) is 8.90. The molecule has 1 N–H and O–H groups in total. The summed E-state index contributed by atoms with van der Waals surface area (Å²) in [4.78, 5) is 11.5. The number of alkyl halides is 16. The van der Waals surface area contributed by atoms with E-state index in [4.69, 9.17) is 0 Å². The monoisotopic (exact) mass is 549 g/mol. The molecule has 1 aromatic carbocycles. The highest BCUT2D eigenvalue weighted by Crippen LogP contribution is 2.62. The third-order valence-electron chi connectivity index (χ3n) is 4.54. The van der Waals surface area contributed by atoms with Gasteiger partial charge >= 0.3 is 53.8 Å². The molecule has 0 fully saturated rings. The van der Waals surface area contributed by atoms with Crippen LogP contribution in [0.15, 0.2) is 24.3 Å². The summed E-state index contributed by atoms with van der Waals surface area (Å²) in [5.41, 5.74) is -0.593. The Morgan fingerprint density at radius 3 is 1.60 bits per heavy atom. The highest BCUT2D eigenvalue weighted by molar-refractivity contribution is 5.97. The molecule has 0 aliphatic rings. The molecule has 2 nitrogen and oxygen atoms in total. The molecule has 0 aromatic heterocycles. The number of carbonyl (C=O) groups is 1. The molecule has 0 bridgehead atoms. The second-order valence-corrected chi connectivity index (χ2v) is 6.88. The van der Waals surface area contributed by atoms with Crippen LogP contribution in [0.25, 0.3) is 0 Å². The third kappa shape index (κ3) is 4.36. The van der Waals surface area contributed by atoms with Crippen molar-refractivity contribution in [2.24, 2.45) is 0 Å². The molecule has 0 heterocycles. The minimum Gasteiger partial charge on any atom is -0.321 e. The van der Waals surface area contributed by atoms with E-state index in [0.717, 1.165) is 17.4 Å². The third-order valence-corrected chi connectivity index (χ3v) is 4.54. The van der Waals surface area contributed by atoms with Gasteiger partial charge in [0.1, 0.15) is 0 Å². The lowest BCUT2D eigenvalue weighted by Gasteiger charge is -2.42. The molecular formula is C17H11F16NO. The van der Waals surface area contributed by atoms with Crippen molar-refractivity contribution in [2.75, 3.05) is 5.32 Å². The lowest BCUT2D eigenvalue weighted by Crippen LogP contribution is -2.74. The van der Waals surface area contributed by atoms with Gasteiger partial charge in [-0.15, -0.1) is 0 Å². The Labute approximate surface area is 184 Å². The second-order valence-electron chi connectivity index (χ2n) is 6.88. The van der Waals surface area contributed by atoms with Crippen LogP contribution in [0.5, 0.6) is 0 Å². The van der Waals surface area contributed by atoms with Crippen molar-refractivity contribution in [1.82, 2.24) is 0 Å². The Hall–Kier alpha value is -2.43. The molecule has 0 saturated carbocycles. The number of nitrogens with one attached hydrogen (secondary N) is 1. The summed E-state index contributed by atoms with van der Waals surface area (Å²) in [6, 6.07) is 3.81. The van der Waals surface area contributed by atoms with E-state index in [1.165, 1.54) is 13.0 Å². The number of hydrogen-bond acceptors (Lipinski definition) is 1. The Kier molecular flexibility index (Phi) is 7.78. The van der Waals surface area contributed by atoms with Crippen molar-refractivity contribution in [3.05, 3.63) is 29.8 Å². The molecule has 0 aliphatic heterocycles. The zero-order valence-corrected chi connectivity index (χ0v) is 16.5. The quantitative estimate of drug-likeness (QED) is 0.316. The molecule has 0 aliphatic carbocycles. The number of aryl methyl sites for hydroxylation is 1. The van der Waals surface area contributed by atoms with Crippen molar-refractivity contribution in [2.45, 2.75) is 61.2 Å². The van der Waals surface area contributed by atoms with Crippen LogP contribution in [-0.2, 0) is 11.2 Å². The topological polar surface area (TPSA) is 29.1 Å². The van der Waals surface area contributed by atoms with Gasteiger partial charge in [-0.3, -0.25) is 4.79 Å². The van der Waals surface area contributed by atoms with Crippen LogP contribution in [0, 0.1) is 0 Å². The van der Waals surface area contributed by atoms with E-state index in [-0.39, 0.29) is 12.0 Å². The fourth-order valence-corrected chi connectivity index (χ4v) is 2.36. The number of hydrogen-bond donors (Lipinski definition) is 1.